The highest BCUT2D eigenvalue weighted by Crippen LogP contribution is 2.52. The van der Waals surface area contributed by atoms with Gasteiger partial charge in [-0.3, -0.25) is 10.1 Å². The molecule has 11 nitrogen and oxygen atoms in total. The predicted molar refractivity (Wildman–Crippen MR) is 137 cm³/mol. The lowest BCUT2D eigenvalue weighted by Gasteiger charge is -2.47. The van der Waals surface area contributed by atoms with Crippen molar-refractivity contribution in [3.63, 3.8) is 0 Å². The van der Waals surface area contributed by atoms with Crippen molar-refractivity contribution in [2.45, 2.75) is 90.3 Å². The monoisotopic (exact) mass is 527 g/mol. The summed E-state index contributed by atoms with van der Waals surface area (Å²) in [7, 11) is 1.58. The number of hydrogen-bond donors (Lipinski definition) is 3. The highest BCUT2D eigenvalue weighted by molar-refractivity contribution is 5.92. The first kappa shape index (κ1) is 31.0. The lowest BCUT2D eigenvalue weighted by Crippen LogP contribution is -2.59. The van der Waals surface area contributed by atoms with Crippen LogP contribution in [0.2, 0.25) is 0 Å². The Morgan fingerprint density at radius 2 is 1.76 bits per heavy atom. The smallest absolute Gasteiger partial charge is 0.414 e. The van der Waals surface area contributed by atoms with E-state index in [2.05, 4.69) is 16.0 Å². The summed E-state index contributed by atoms with van der Waals surface area (Å²) in [5.74, 6) is -0.715. The van der Waals surface area contributed by atoms with E-state index in [0.717, 1.165) is 5.57 Å². The van der Waals surface area contributed by atoms with Crippen LogP contribution in [0.4, 0.5) is 9.59 Å². The summed E-state index contributed by atoms with van der Waals surface area (Å²) >= 11 is 0. The van der Waals surface area contributed by atoms with E-state index in [1.165, 1.54) is 0 Å². The molecule has 4 atom stereocenters. The summed E-state index contributed by atoms with van der Waals surface area (Å²) in [6, 6.07) is 0. The Hall–Kier alpha value is -2.21. The SMILES string of the molecule is COC1C(OC(=O)NC(=O)CNCCNC(=O)OC(C)(C)C)CC[C@]2(CO2)C1C(C)(C)OCC=C(C)C. The van der Waals surface area contributed by atoms with Crippen molar-refractivity contribution < 1.29 is 38.1 Å². The minimum atomic E-state index is -0.833. The van der Waals surface area contributed by atoms with Gasteiger partial charge in [0, 0.05) is 26.1 Å². The molecule has 0 bridgehead atoms. The van der Waals surface area contributed by atoms with Gasteiger partial charge in [-0.1, -0.05) is 11.6 Å². The fraction of sp³-hybridized carbons (Fsp3) is 0.808. The van der Waals surface area contributed by atoms with E-state index >= 15 is 0 Å². The number of ether oxygens (including phenoxy) is 5. The van der Waals surface area contributed by atoms with Gasteiger partial charge in [-0.15, -0.1) is 0 Å². The van der Waals surface area contributed by atoms with Crippen molar-refractivity contribution in [3.05, 3.63) is 11.6 Å². The fourth-order valence-electron chi connectivity index (χ4n) is 4.69. The van der Waals surface area contributed by atoms with Crippen molar-refractivity contribution in [1.29, 1.82) is 0 Å². The molecule has 1 aliphatic heterocycles. The van der Waals surface area contributed by atoms with Gasteiger partial charge < -0.3 is 34.3 Å². The Morgan fingerprint density at radius 1 is 1.08 bits per heavy atom. The molecule has 11 heteroatoms. The largest absolute Gasteiger partial charge is 0.444 e. The average molecular weight is 528 g/mol. The maximum absolute atomic E-state index is 12.5. The van der Waals surface area contributed by atoms with Crippen molar-refractivity contribution in [2.24, 2.45) is 5.92 Å². The maximum atomic E-state index is 12.5. The molecule has 0 aromatic heterocycles. The number of imide groups is 1. The topological polar surface area (TPSA) is 137 Å². The Bertz CT molecular complexity index is 828. The van der Waals surface area contributed by atoms with Crippen molar-refractivity contribution >= 4 is 18.1 Å². The first-order valence-corrected chi connectivity index (χ1v) is 12.8. The van der Waals surface area contributed by atoms with Gasteiger partial charge in [0.25, 0.3) is 0 Å². The minimum Gasteiger partial charge on any atom is -0.444 e. The highest BCUT2D eigenvalue weighted by atomic mass is 16.6. The molecule has 1 spiro atoms. The van der Waals surface area contributed by atoms with Crippen LogP contribution in [0.1, 0.15) is 61.3 Å². The molecule has 2 fully saturated rings. The van der Waals surface area contributed by atoms with E-state index in [4.69, 9.17) is 23.7 Å². The first-order valence-electron chi connectivity index (χ1n) is 12.8. The number of allylic oxidation sites excluding steroid dienone is 1. The number of amides is 3. The van der Waals surface area contributed by atoms with Crippen molar-refractivity contribution in [3.8, 4) is 0 Å². The fourth-order valence-corrected chi connectivity index (χ4v) is 4.69. The van der Waals surface area contributed by atoms with E-state index in [1.807, 2.05) is 33.8 Å². The van der Waals surface area contributed by atoms with Crippen LogP contribution in [0.25, 0.3) is 0 Å². The minimum absolute atomic E-state index is 0.117. The molecule has 0 radical (unpaired) electrons. The molecule has 0 aromatic rings. The number of carbonyl (C=O) groups is 3. The molecule has 37 heavy (non-hydrogen) atoms. The molecule has 2 aliphatic rings. The number of rotatable bonds is 11. The molecule has 3 amide bonds. The third-order valence-electron chi connectivity index (χ3n) is 6.35. The Labute approximate surface area is 220 Å². The van der Waals surface area contributed by atoms with E-state index < -0.39 is 41.5 Å². The zero-order valence-electron chi connectivity index (χ0n) is 23.5. The second kappa shape index (κ2) is 13.0. The number of alkyl carbamates (subject to hydrolysis) is 2. The first-order chi connectivity index (χ1) is 17.2. The summed E-state index contributed by atoms with van der Waals surface area (Å²) in [4.78, 5) is 36.3. The molecule has 1 saturated heterocycles. The maximum Gasteiger partial charge on any atom is 0.414 e. The number of carbonyl (C=O) groups excluding carboxylic acids is 3. The summed E-state index contributed by atoms with van der Waals surface area (Å²) in [6.45, 7) is 14.9. The van der Waals surface area contributed by atoms with Gasteiger partial charge in [0.05, 0.1) is 31.0 Å². The van der Waals surface area contributed by atoms with Crippen LogP contribution in [0, 0.1) is 5.92 Å². The molecular formula is C26H45N3O8. The van der Waals surface area contributed by atoms with Gasteiger partial charge in [-0.25, -0.2) is 9.59 Å². The van der Waals surface area contributed by atoms with Crippen LogP contribution in [-0.4, -0.2) is 87.1 Å². The highest BCUT2D eigenvalue weighted by Gasteiger charge is 2.64. The third kappa shape index (κ3) is 9.88. The molecule has 1 heterocycles. The van der Waals surface area contributed by atoms with E-state index in [-0.39, 0.29) is 24.6 Å². The summed E-state index contributed by atoms with van der Waals surface area (Å²) in [5, 5.41) is 7.67. The van der Waals surface area contributed by atoms with Crippen LogP contribution >= 0.6 is 0 Å². The zero-order valence-corrected chi connectivity index (χ0v) is 23.5. The molecular weight excluding hydrogens is 482 g/mol. The zero-order chi connectivity index (χ0) is 27.9. The van der Waals surface area contributed by atoms with Crippen LogP contribution in [0.5, 0.6) is 0 Å². The molecule has 2 rings (SSSR count). The van der Waals surface area contributed by atoms with Crippen LogP contribution < -0.4 is 16.0 Å². The number of methoxy groups -OCH3 is 1. The summed E-state index contributed by atoms with van der Waals surface area (Å²) < 4.78 is 28.7. The molecule has 0 aromatic carbocycles. The normalized spacial score (nSPS) is 25.2. The van der Waals surface area contributed by atoms with Gasteiger partial charge in [-0.2, -0.15) is 0 Å². The Balaban J connectivity index is 1.83. The average Bonchev–Trinajstić information content (AvgIpc) is 3.52. The van der Waals surface area contributed by atoms with Gasteiger partial charge in [0.15, 0.2) is 0 Å². The lowest BCUT2D eigenvalue weighted by molar-refractivity contribution is -0.172. The molecule has 3 N–H and O–H groups in total. The Kier molecular flexibility index (Phi) is 10.9. The van der Waals surface area contributed by atoms with Crippen molar-refractivity contribution in [1.82, 2.24) is 16.0 Å². The number of epoxide rings is 1. The third-order valence-corrected chi connectivity index (χ3v) is 6.35. The second-order valence-electron chi connectivity index (χ2n) is 11.4. The number of hydrogen-bond acceptors (Lipinski definition) is 9. The molecule has 212 valence electrons. The van der Waals surface area contributed by atoms with Crippen molar-refractivity contribution in [2.75, 3.05) is 40.0 Å². The summed E-state index contributed by atoms with van der Waals surface area (Å²) in [6.07, 6.45) is 0.873. The number of nitrogens with one attached hydrogen (secondary N) is 3. The van der Waals surface area contributed by atoms with Gasteiger partial charge >= 0.3 is 12.2 Å². The van der Waals surface area contributed by atoms with Gasteiger partial charge in [0.1, 0.15) is 17.8 Å². The predicted octanol–water partition coefficient (Wildman–Crippen LogP) is 2.68. The van der Waals surface area contributed by atoms with Gasteiger partial charge in [-0.05, 0) is 61.3 Å². The van der Waals surface area contributed by atoms with E-state index in [0.29, 0.717) is 32.6 Å². The Morgan fingerprint density at radius 3 is 2.32 bits per heavy atom. The van der Waals surface area contributed by atoms with Gasteiger partial charge in [0.2, 0.25) is 5.91 Å². The molecule has 3 unspecified atom stereocenters. The second-order valence-corrected chi connectivity index (χ2v) is 11.4. The van der Waals surface area contributed by atoms with E-state index in [9.17, 15) is 14.4 Å². The van der Waals surface area contributed by atoms with Crippen LogP contribution in [-0.2, 0) is 28.5 Å². The lowest BCUT2D eigenvalue weighted by atomic mass is 9.68. The quantitative estimate of drug-likeness (QED) is 0.210. The molecule has 1 aliphatic carbocycles. The standard InChI is InChI=1S/C26H45N3O8/c1-17(2)10-14-34-25(6,7)21-20(33-8)18(9-11-26(21)16-35-26)36-23(32)29-19(30)15-27-12-13-28-22(31)37-24(3,4)5/h10,18,20-21,27H,9,11-16H2,1-8H3,(H,28,31)(H,29,30,32)/t18?,20?,21?,26-/m0/s1. The van der Waals surface area contributed by atoms with Crippen LogP contribution in [0.3, 0.4) is 0 Å². The summed E-state index contributed by atoms with van der Waals surface area (Å²) in [5.41, 5.74) is -0.386. The molecule has 1 saturated carbocycles. The van der Waals surface area contributed by atoms with E-state index in [1.54, 1.807) is 27.9 Å². The van der Waals surface area contributed by atoms with Crippen LogP contribution in [0.15, 0.2) is 11.6 Å².